The second-order valence-electron chi connectivity index (χ2n) is 10.5. The van der Waals surface area contributed by atoms with E-state index in [1.54, 1.807) is 43.5 Å². The maximum Gasteiger partial charge on any atom is 0.488 e. The highest BCUT2D eigenvalue weighted by atomic mass is 35.5. The van der Waals surface area contributed by atoms with Crippen LogP contribution in [0.15, 0.2) is 71.7 Å². The Labute approximate surface area is 263 Å². The molecule has 1 aliphatic rings. The van der Waals surface area contributed by atoms with Crippen molar-refractivity contribution in [2.75, 3.05) is 20.2 Å². The monoisotopic (exact) mass is 625 g/mol. The van der Waals surface area contributed by atoms with Crippen molar-refractivity contribution in [3.05, 3.63) is 100 Å². The van der Waals surface area contributed by atoms with E-state index >= 15 is 0 Å². The molecule has 0 bridgehead atoms. The summed E-state index contributed by atoms with van der Waals surface area (Å²) >= 11 is 6.17. The lowest BCUT2D eigenvalue weighted by molar-refractivity contribution is -0.121. The molecule has 0 unspecified atom stereocenters. The lowest BCUT2D eigenvalue weighted by Crippen LogP contribution is -2.35. The van der Waals surface area contributed by atoms with Gasteiger partial charge in [-0.25, -0.2) is 0 Å². The minimum Gasteiger partial charge on any atom is -0.497 e. The molecule has 6 rings (SSSR count). The highest BCUT2D eigenvalue weighted by molar-refractivity contribution is 6.58. The quantitative estimate of drug-likeness (QED) is 0.124. The third-order valence-electron chi connectivity index (χ3n) is 7.55. The smallest absolute Gasteiger partial charge is 0.488 e. The van der Waals surface area contributed by atoms with Crippen LogP contribution >= 0.6 is 11.6 Å². The van der Waals surface area contributed by atoms with Gasteiger partial charge in [0.15, 0.2) is 5.82 Å². The van der Waals surface area contributed by atoms with Crippen LogP contribution in [0, 0.1) is 6.92 Å². The molecule has 5 aromatic rings. The van der Waals surface area contributed by atoms with Crippen molar-refractivity contribution in [2.24, 2.45) is 4.99 Å². The van der Waals surface area contributed by atoms with Gasteiger partial charge in [0.2, 0.25) is 5.91 Å². The van der Waals surface area contributed by atoms with Crippen LogP contribution in [0.4, 0.5) is 0 Å². The van der Waals surface area contributed by atoms with Gasteiger partial charge in [-0.05, 0) is 54.9 Å². The van der Waals surface area contributed by atoms with Crippen molar-refractivity contribution < 1.29 is 24.4 Å². The number of aliphatic imine (C=N–C) groups is 1. The number of ether oxygens (including phenoxy) is 1. The molecule has 0 radical (unpaired) electrons. The number of nitrogens with zero attached hydrogens (tertiary/aromatic N) is 4. The van der Waals surface area contributed by atoms with E-state index in [0.717, 1.165) is 22.2 Å². The average molecular weight is 626 g/mol. The molecule has 2 amide bonds. The van der Waals surface area contributed by atoms with E-state index in [0.29, 0.717) is 44.8 Å². The molecule has 1 aliphatic heterocycles. The van der Waals surface area contributed by atoms with Gasteiger partial charge < -0.3 is 30.4 Å². The number of nitrogens with one attached hydrogen (secondary N) is 3. The second kappa shape index (κ2) is 12.6. The van der Waals surface area contributed by atoms with Crippen molar-refractivity contribution in [3.63, 3.8) is 0 Å². The molecular formula is C31H29BClN7O5. The number of halogens is 1. The molecule has 0 saturated carbocycles. The van der Waals surface area contributed by atoms with E-state index < -0.39 is 13.2 Å². The van der Waals surface area contributed by atoms with Crippen LogP contribution in [0.2, 0.25) is 5.02 Å². The van der Waals surface area contributed by atoms with Crippen molar-refractivity contribution >= 4 is 52.6 Å². The van der Waals surface area contributed by atoms with Crippen molar-refractivity contribution in [1.29, 1.82) is 0 Å². The SMILES string of the molecule is COc1ccc2c(c1)C(c1ccc(Cl)cc1)=N[C@@H](CC(=O)NCCNC(=O)c1cc3ccc(B(O)O)cc3[nH]1)c1nnc(C)n1-2. The Morgan fingerprint density at radius 3 is 2.56 bits per heavy atom. The average Bonchev–Trinajstić information content (AvgIpc) is 3.61. The first-order valence-electron chi connectivity index (χ1n) is 14.2. The maximum atomic E-state index is 13.2. The van der Waals surface area contributed by atoms with E-state index in [1.807, 2.05) is 41.8 Å². The minimum absolute atomic E-state index is 0.00461. The second-order valence-corrected chi connectivity index (χ2v) is 11.0. The number of H-pyrrole nitrogens is 1. The molecule has 228 valence electrons. The lowest BCUT2D eigenvalue weighted by atomic mass is 9.80. The first-order chi connectivity index (χ1) is 21.7. The number of fused-ring (bicyclic) bond motifs is 4. The number of aromatic amines is 1. The van der Waals surface area contributed by atoms with Crippen LogP contribution in [0.1, 0.15) is 45.7 Å². The van der Waals surface area contributed by atoms with Gasteiger partial charge in [0.25, 0.3) is 5.91 Å². The molecule has 2 aromatic heterocycles. The van der Waals surface area contributed by atoms with Gasteiger partial charge in [-0.3, -0.25) is 19.1 Å². The van der Waals surface area contributed by atoms with Gasteiger partial charge in [-0.1, -0.05) is 35.9 Å². The van der Waals surface area contributed by atoms with E-state index in [9.17, 15) is 19.6 Å². The van der Waals surface area contributed by atoms with Crippen molar-refractivity contribution in [2.45, 2.75) is 19.4 Å². The number of aromatic nitrogens is 4. The molecule has 3 aromatic carbocycles. The molecule has 5 N–H and O–H groups in total. The Bertz CT molecular complexity index is 1940. The first kappa shape index (κ1) is 30.1. The number of aryl methyl sites for hydroxylation is 1. The third-order valence-corrected chi connectivity index (χ3v) is 7.80. The Morgan fingerprint density at radius 2 is 1.80 bits per heavy atom. The number of carbonyl (C=O) groups is 2. The van der Waals surface area contributed by atoms with E-state index in [2.05, 4.69) is 25.8 Å². The summed E-state index contributed by atoms with van der Waals surface area (Å²) in [5, 5.41) is 34.5. The predicted octanol–water partition coefficient (Wildman–Crippen LogP) is 2.23. The van der Waals surface area contributed by atoms with E-state index in [4.69, 9.17) is 21.3 Å². The van der Waals surface area contributed by atoms with Gasteiger partial charge in [0.05, 0.1) is 24.9 Å². The van der Waals surface area contributed by atoms with E-state index in [-0.39, 0.29) is 31.3 Å². The Balaban J connectivity index is 1.17. The zero-order valence-corrected chi connectivity index (χ0v) is 25.2. The summed E-state index contributed by atoms with van der Waals surface area (Å²) in [6.45, 7) is 2.22. The number of carbonyl (C=O) groups excluding carboxylic acids is 2. The lowest BCUT2D eigenvalue weighted by Gasteiger charge is -2.14. The zero-order chi connectivity index (χ0) is 31.7. The minimum atomic E-state index is -1.61. The molecule has 0 aliphatic carbocycles. The first-order valence-corrected chi connectivity index (χ1v) is 14.6. The van der Waals surface area contributed by atoms with Gasteiger partial charge in [0.1, 0.15) is 23.3 Å². The van der Waals surface area contributed by atoms with Gasteiger partial charge in [-0.15, -0.1) is 10.2 Å². The number of rotatable bonds is 9. The molecule has 3 heterocycles. The summed E-state index contributed by atoms with van der Waals surface area (Å²) in [5.41, 5.74) is 4.32. The Hall–Kier alpha value is -4.98. The van der Waals surface area contributed by atoms with Crippen molar-refractivity contribution in [1.82, 2.24) is 30.4 Å². The highest BCUT2D eigenvalue weighted by Crippen LogP contribution is 2.34. The van der Waals surface area contributed by atoms with Gasteiger partial charge in [0, 0.05) is 40.1 Å². The normalized spacial score (nSPS) is 13.8. The highest BCUT2D eigenvalue weighted by Gasteiger charge is 2.30. The molecule has 45 heavy (non-hydrogen) atoms. The van der Waals surface area contributed by atoms with Gasteiger partial charge in [-0.2, -0.15) is 0 Å². The molecule has 14 heteroatoms. The number of amides is 2. The molecular weight excluding hydrogens is 597 g/mol. The molecule has 0 saturated heterocycles. The number of benzene rings is 3. The third kappa shape index (κ3) is 6.18. The summed E-state index contributed by atoms with van der Waals surface area (Å²) < 4.78 is 7.42. The summed E-state index contributed by atoms with van der Waals surface area (Å²) in [6, 6.07) is 18.9. The standard InChI is InChI=1S/C31H29BClN7O5/c1-17-38-39-30-25(37-29(18-4-7-21(33)8-5-18)23-15-22(45-2)9-10-27(23)40(17)30)16-28(41)34-11-12-35-31(42)26-13-19-3-6-20(32(43)44)14-24(19)36-26/h3-10,13-15,25,36,43-44H,11-12,16H2,1-2H3,(H,34,41)(H,35,42)/t25-/m0/s1. The summed E-state index contributed by atoms with van der Waals surface area (Å²) in [5.74, 6) is 1.20. The van der Waals surface area contributed by atoms with Gasteiger partial charge >= 0.3 is 7.12 Å². The summed E-state index contributed by atoms with van der Waals surface area (Å²) in [7, 11) is -0.00639. The number of methoxy groups -OCH3 is 1. The largest absolute Gasteiger partial charge is 0.497 e. The molecule has 0 spiro atoms. The predicted molar refractivity (Wildman–Crippen MR) is 171 cm³/mol. The summed E-state index contributed by atoms with van der Waals surface area (Å²) in [4.78, 5) is 33.9. The topological polar surface area (TPSA) is 167 Å². The van der Waals surface area contributed by atoms with Crippen LogP contribution in [-0.2, 0) is 4.79 Å². The number of hydrogen-bond acceptors (Lipinski definition) is 8. The van der Waals surface area contributed by atoms with Crippen LogP contribution in [-0.4, -0.2) is 74.6 Å². The fraction of sp³-hybridized carbons (Fsp3) is 0.194. The Morgan fingerprint density at radius 1 is 1.02 bits per heavy atom. The molecule has 0 fully saturated rings. The Kier molecular flexibility index (Phi) is 8.39. The van der Waals surface area contributed by atoms with E-state index in [1.165, 1.54) is 0 Å². The fourth-order valence-corrected chi connectivity index (χ4v) is 5.45. The fourth-order valence-electron chi connectivity index (χ4n) is 5.33. The van der Waals surface area contributed by atoms with Crippen LogP contribution in [0.5, 0.6) is 5.75 Å². The molecule has 12 nitrogen and oxygen atoms in total. The zero-order valence-electron chi connectivity index (χ0n) is 24.4. The maximum absolute atomic E-state index is 13.2. The van der Waals surface area contributed by atoms with Crippen LogP contribution in [0.3, 0.4) is 0 Å². The van der Waals surface area contributed by atoms with Crippen molar-refractivity contribution in [3.8, 4) is 11.4 Å². The van der Waals surface area contributed by atoms with Crippen LogP contribution < -0.4 is 20.8 Å². The molecule has 1 atom stereocenters. The summed E-state index contributed by atoms with van der Waals surface area (Å²) in [6.07, 6.45) is -0.00461. The number of hydrogen-bond donors (Lipinski definition) is 5. The van der Waals surface area contributed by atoms with Crippen LogP contribution in [0.25, 0.3) is 16.6 Å².